The fourth-order valence-corrected chi connectivity index (χ4v) is 4.07. The van der Waals surface area contributed by atoms with Crippen LogP contribution >= 0.6 is 0 Å². The Morgan fingerprint density at radius 2 is 1.89 bits per heavy atom. The van der Waals surface area contributed by atoms with Crippen LogP contribution in [-0.4, -0.2) is 26.7 Å². The Labute approximate surface area is 163 Å². The number of carbonyl (C=O) groups is 1. The largest absolute Gasteiger partial charge is 0.326 e. The first-order chi connectivity index (χ1) is 13.4. The molecule has 0 fully saturated rings. The van der Waals surface area contributed by atoms with Crippen molar-refractivity contribution >= 4 is 27.5 Å². The average Bonchev–Trinajstić information content (AvgIpc) is 2.92. The van der Waals surface area contributed by atoms with Crippen LogP contribution in [0.25, 0.3) is 0 Å². The van der Waals surface area contributed by atoms with Gasteiger partial charge >= 0.3 is 0 Å². The minimum absolute atomic E-state index is 0.0307. The SMILES string of the molecule is O=C(Cc1ccccc1F)Nc1cccc(S(=O)(=O)NC2=NCCCCC2)c1. The molecular formula is C20H22FN3O3S. The first-order valence-corrected chi connectivity index (χ1v) is 10.6. The van der Waals surface area contributed by atoms with Gasteiger partial charge in [0, 0.05) is 18.7 Å². The van der Waals surface area contributed by atoms with Crippen molar-refractivity contribution in [1.82, 2.24) is 4.72 Å². The number of anilines is 1. The van der Waals surface area contributed by atoms with Gasteiger partial charge in [-0.15, -0.1) is 0 Å². The highest BCUT2D eigenvalue weighted by Gasteiger charge is 2.18. The Bertz CT molecular complexity index is 990. The van der Waals surface area contributed by atoms with Crippen LogP contribution in [0.15, 0.2) is 58.4 Å². The van der Waals surface area contributed by atoms with E-state index in [4.69, 9.17) is 0 Å². The average molecular weight is 403 g/mol. The summed E-state index contributed by atoms with van der Waals surface area (Å²) in [5.41, 5.74) is 0.601. The second-order valence-electron chi connectivity index (χ2n) is 6.59. The number of aliphatic imine (C=N–C) groups is 1. The smallest absolute Gasteiger partial charge is 0.262 e. The van der Waals surface area contributed by atoms with Gasteiger partial charge in [-0.3, -0.25) is 14.5 Å². The van der Waals surface area contributed by atoms with E-state index in [0.29, 0.717) is 24.5 Å². The van der Waals surface area contributed by atoms with Crippen LogP contribution in [-0.2, 0) is 21.2 Å². The van der Waals surface area contributed by atoms with Crippen LogP contribution in [0.2, 0.25) is 0 Å². The monoisotopic (exact) mass is 403 g/mol. The van der Waals surface area contributed by atoms with Gasteiger partial charge in [0.25, 0.3) is 10.0 Å². The molecule has 6 nitrogen and oxygen atoms in total. The topological polar surface area (TPSA) is 87.6 Å². The molecule has 1 amide bonds. The maximum atomic E-state index is 13.7. The summed E-state index contributed by atoms with van der Waals surface area (Å²) in [6, 6.07) is 12.0. The van der Waals surface area contributed by atoms with E-state index < -0.39 is 21.7 Å². The number of sulfonamides is 1. The molecule has 3 rings (SSSR count). The zero-order valence-corrected chi connectivity index (χ0v) is 16.1. The molecule has 1 aliphatic rings. The summed E-state index contributed by atoms with van der Waals surface area (Å²) in [6.45, 7) is 0.615. The molecular weight excluding hydrogens is 381 g/mol. The van der Waals surface area contributed by atoms with Crippen molar-refractivity contribution in [3.8, 4) is 0 Å². The van der Waals surface area contributed by atoms with Gasteiger partial charge < -0.3 is 5.32 Å². The third-order valence-corrected chi connectivity index (χ3v) is 5.74. The molecule has 0 aliphatic carbocycles. The number of halogens is 1. The second-order valence-corrected chi connectivity index (χ2v) is 8.27. The van der Waals surface area contributed by atoms with Gasteiger partial charge in [0.05, 0.1) is 11.3 Å². The lowest BCUT2D eigenvalue weighted by Gasteiger charge is -2.11. The number of amides is 1. The third-order valence-electron chi connectivity index (χ3n) is 4.36. The molecule has 0 spiro atoms. The lowest BCUT2D eigenvalue weighted by molar-refractivity contribution is -0.115. The normalized spacial score (nSPS) is 14.7. The third kappa shape index (κ3) is 5.39. The summed E-state index contributed by atoms with van der Waals surface area (Å²) >= 11 is 0. The van der Waals surface area contributed by atoms with Gasteiger partial charge in [-0.2, -0.15) is 0 Å². The Balaban J connectivity index is 1.70. The Kier molecular flexibility index (Phi) is 6.41. The van der Waals surface area contributed by atoms with Crippen molar-refractivity contribution in [3.63, 3.8) is 0 Å². The van der Waals surface area contributed by atoms with Crippen LogP contribution in [0, 0.1) is 5.82 Å². The number of carbonyl (C=O) groups excluding carboxylic acids is 1. The minimum Gasteiger partial charge on any atom is -0.326 e. The van der Waals surface area contributed by atoms with Gasteiger partial charge in [0.15, 0.2) is 0 Å². The highest BCUT2D eigenvalue weighted by molar-refractivity contribution is 7.90. The molecule has 0 aromatic heterocycles. The number of hydrogen-bond donors (Lipinski definition) is 2. The van der Waals surface area contributed by atoms with E-state index >= 15 is 0 Å². The quantitative estimate of drug-likeness (QED) is 0.803. The fourth-order valence-electron chi connectivity index (χ4n) is 2.93. The lowest BCUT2D eigenvalue weighted by Crippen LogP contribution is -2.30. The predicted molar refractivity (Wildman–Crippen MR) is 106 cm³/mol. The van der Waals surface area contributed by atoms with Crippen LogP contribution in [0.1, 0.15) is 31.2 Å². The van der Waals surface area contributed by atoms with Crippen LogP contribution in [0.5, 0.6) is 0 Å². The van der Waals surface area contributed by atoms with Crippen LogP contribution in [0.3, 0.4) is 0 Å². The fraction of sp³-hybridized carbons (Fsp3) is 0.300. The molecule has 148 valence electrons. The molecule has 0 radical (unpaired) electrons. The van der Waals surface area contributed by atoms with Crippen molar-refractivity contribution in [3.05, 3.63) is 59.9 Å². The van der Waals surface area contributed by atoms with E-state index in [-0.39, 0.29) is 16.9 Å². The number of hydrogen-bond acceptors (Lipinski definition) is 4. The molecule has 0 saturated heterocycles. The van der Waals surface area contributed by atoms with Crippen LogP contribution in [0.4, 0.5) is 10.1 Å². The van der Waals surface area contributed by atoms with E-state index in [1.165, 1.54) is 24.3 Å². The molecule has 0 saturated carbocycles. The Morgan fingerprint density at radius 3 is 2.71 bits per heavy atom. The number of benzene rings is 2. The maximum absolute atomic E-state index is 13.7. The van der Waals surface area contributed by atoms with Gasteiger partial charge in [0.2, 0.25) is 5.91 Å². The van der Waals surface area contributed by atoms with E-state index in [2.05, 4.69) is 15.0 Å². The molecule has 0 unspecified atom stereocenters. The summed E-state index contributed by atoms with van der Waals surface area (Å²) in [4.78, 5) is 16.5. The predicted octanol–water partition coefficient (Wildman–Crippen LogP) is 3.26. The van der Waals surface area contributed by atoms with E-state index in [0.717, 1.165) is 19.3 Å². The summed E-state index contributed by atoms with van der Waals surface area (Å²) < 4.78 is 41.5. The van der Waals surface area contributed by atoms with Crippen molar-refractivity contribution in [2.45, 2.75) is 37.0 Å². The highest BCUT2D eigenvalue weighted by atomic mass is 32.2. The summed E-state index contributed by atoms with van der Waals surface area (Å²) in [5.74, 6) is -0.422. The molecule has 8 heteroatoms. The first-order valence-electron chi connectivity index (χ1n) is 9.13. The number of rotatable bonds is 5. The molecule has 1 aliphatic heterocycles. The van der Waals surface area contributed by atoms with Gasteiger partial charge in [-0.05, 0) is 42.7 Å². The first kappa shape index (κ1) is 20.0. The minimum atomic E-state index is -3.79. The molecule has 2 N–H and O–H groups in total. The number of amidine groups is 1. The number of nitrogens with zero attached hydrogens (tertiary/aromatic N) is 1. The van der Waals surface area contributed by atoms with Crippen molar-refractivity contribution < 1.29 is 17.6 Å². The van der Waals surface area contributed by atoms with Gasteiger partial charge in [0.1, 0.15) is 11.7 Å². The second kappa shape index (κ2) is 8.97. The van der Waals surface area contributed by atoms with E-state index in [1.807, 2.05) is 0 Å². The maximum Gasteiger partial charge on any atom is 0.262 e. The standard InChI is InChI=1S/C20H22FN3O3S/c21-18-10-4-3-7-15(18)13-20(25)23-16-8-6-9-17(14-16)28(26,27)24-19-11-2-1-5-12-22-19/h3-4,6-10,14H,1-2,5,11-13H2,(H,22,24)(H,23,25). The zero-order valence-electron chi connectivity index (χ0n) is 15.3. The highest BCUT2D eigenvalue weighted by Crippen LogP contribution is 2.17. The summed E-state index contributed by atoms with van der Waals surface area (Å²) in [7, 11) is -3.79. The molecule has 2 aromatic carbocycles. The van der Waals surface area contributed by atoms with Crippen molar-refractivity contribution in [2.75, 3.05) is 11.9 Å². The molecule has 0 atom stereocenters. The summed E-state index contributed by atoms with van der Waals surface area (Å²) in [5, 5.41) is 2.62. The number of nitrogens with one attached hydrogen (secondary N) is 2. The summed E-state index contributed by atoms with van der Waals surface area (Å²) in [6.07, 6.45) is 3.33. The van der Waals surface area contributed by atoms with Crippen LogP contribution < -0.4 is 10.0 Å². The lowest BCUT2D eigenvalue weighted by atomic mass is 10.1. The molecule has 0 bridgehead atoms. The van der Waals surface area contributed by atoms with Gasteiger partial charge in [-0.25, -0.2) is 12.8 Å². The molecule has 2 aromatic rings. The van der Waals surface area contributed by atoms with Crippen molar-refractivity contribution in [1.29, 1.82) is 0 Å². The Morgan fingerprint density at radius 1 is 1.07 bits per heavy atom. The van der Waals surface area contributed by atoms with Gasteiger partial charge in [-0.1, -0.05) is 30.7 Å². The van der Waals surface area contributed by atoms with E-state index in [1.54, 1.807) is 24.3 Å². The molecule has 1 heterocycles. The Hall–Kier alpha value is -2.74. The zero-order chi connectivity index (χ0) is 20.0. The van der Waals surface area contributed by atoms with E-state index in [9.17, 15) is 17.6 Å². The van der Waals surface area contributed by atoms with Crippen molar-refractivity contribution in [2.24, 2.45) is 4.99 Å². The molecule has 28 heavy (non-hydrogen) atoms.